The summed E-state index contributed by atoms with van der Waals surface area (Å²) in [6.45, 7) is 2.30. The van der Waals surface area contributed by atoms with Crippen LogP contribution in [0.15, 0.2) is 18.3 Å². The van der Waals surface area contributed by atoms with Gasteiger partial charge in [0, 0.05) is 12.7 Å². The molecule has 1 aliphatic heterocycles. The normalized spacial score (nSPS) is 20.4. The van der Waals surface area contributed by atoms with Crippen LogP contribution in [0.3, 0.4) is 0 Å². The smallest absolute Gasteiger partial charge is 0.243 e. The summed E-state index contributed by atoms with van der Waals surface area (Å²) in [4.78, 5) is 16.2. The molecule has 0 saturated carbocycles. The molecule has 104 valence electrons. The average molecular weight is 283 g/mol. The summed E-state index contributed by atoms with van der Waals surface area (Å²) >= 11 is 0. The third kappa shape index (κ3) is 3.30. The number of carbonyl (C=O) groups excluding carboxylic acids is 1. The number of aromatic nitrogens is 1. The van der Waals surface area contributed by atoms with Gasteiger partial charge in [-0.3, -0.25) is 4.79 Å². The maximum absolute atomic E-state index is 12.1. The van der Waals surface area contributed by atoms with Crippen molar-refractivity contribution in [3.8, 4) is 0 Å². The van der Waals surface area contributed by atoms with Crippen molar-refractivity contribution in [1.29, 1.82) is 0 Å². The summed E-state index contributed by atoms with van der Waals surface area (Å²) in [6.07, 6.45) is 3.98. The van der Waals surface area contributed by atoms with Crippen LogP contribution >= 0.6 is 0 Å². The monoisotopic (exact) mass is 283 g/mol. The second-order valence-corrected chi connectivity index (χ2v) is 6.67. The number of rotatable bonds is 3. The van der Waals surface area contributed by atoms with E-state index in [0.717, 1.165) is 11.8 Å². The van der Waals surface area contributed by atoms with E-state index in [0.29, 0.717) is 25.2 Å². The molecule has 1 fully saturated rings. The highest BCUT2D eigenvalue weighted by molar-refractivity contribution is 7.88. The zero-order valence-electron chi connectivity index (χ0n) is 11.0. The Morgan fingerprint density at radius 1 is 1.53 bits per heavy atom. The van der Waals surface area contributed by atoms with E-state index in [9.17, 15) is 13.2 Å². The number of pyridine rings is 1. The standard InChI is InChI=1S/C12H17N3O3S/c1-9-5-6-13-11(8-9)14-12(16)10-4-3-7-15(10)19(2,17)18/h5-6,8,10H,3-4,7H2,1-2H3,(H,13,14,16). The molecule has 0 bridgehead atoms. The second-order valence-electron chi connectivity index (χ2n) is 4.74. The summed E-state index contributed by atoms with van der Waals surface area (Å²) in [7, 11) is -3.35. The molecule has 1 amide bonds. The first-order chi connectivity index (χ1) is 8.88. The van der Waals surface area contributed by atoms with Crippen molar-refractivity contribution in [2.24, 2.45) is 0 Å². The molecule has 0 spiro atoms. The number of nitrogens with zero attached hydrogens (tertiary/aromatic N) is 2. The summed E-state index contributed by atoms with van der Waals surface area (Å²) in [5.41, 5.74) is 0.983. The van der Waals surface area contributed by atoms with E-state index in [1.54, 1.807) is 12.3 Å². The molecule has 1 aromatic rings. The van der Waals surface area contributed by atoms with Gasteiger partial charge >= 0.3 is 0 Å². The van der Waals surface area contributed by atoms with Gasteiger partial charge in [-0.05, 0) is 37.5 Å². The van der Waals surface area contributed by atoms with Gasteiger partial charge in [-0.2, -0.15) is 4.31 Å². The minimum Gasteiger partial charge on any atom is -0.309 e. The molecule has 6 nitrogen and oxygen atoms in total. The van der Waals surface area contributed by atoms with E-state index in [-0.39, 0.29) is 5.91 Å². The van der Waals surface area contributed by atoms with Crippen LogP contribution in [0.5, 0.6) is 0 Å². The third-order valence-corrected chi connectivity index (χ3v) is 4.39. The Labute approximate surface area is 112 Å². The fourth-order valence-electron chi connectivity index (χ4n) is 2.21. The number of hydrogen-bond acceptors (Lipinski definition) is 4. The maximum Gasteiger partial charge on any atom is 0.243 e. The Morgan fingerprint density at radius 2 is 2.26 bits per heavy atom. The molecule has 1 aromatic heterocycles. The number of aryl methyl sites for hydroxylation is 1. The van der Waals surface area contributed by atoms with E-state index in [1.165, 1.54) is 4.31 Å². The summed E-state index contributed by atoms with van der Waals surface area (Å²) in [5.74, 6) is 0.131. The molecule has 19 heavy (non-hydrogen) atoms. The maximum atomic E-state index is 12.1. The molecule has 1 saturated heterocycles. The second kappa shape index (κ2) is 5.26. The molecular formula is C12H17N3O3S. The van der Waals surface area contributed by atoms with Crippen molar-refractivity contribution in [3.63, 3.8) is 0 Å². The zero-order chi connectivity index (χ0) is 14.0. The number of amides is 1. The van der Waals surface area contributed by atoms with Gasteiger partial charge < -0.3 is 5.32 Å². The van der Waals surface area contributed by atoms with Crippen molar-refractivity contribution >= 4 is 21.7 Å². The van der Waals surface area contributed by atoms with E-state index >= 15 is 0 Å². The van der Waals surface area contributed by atoms with Gasteiger partial charge in [0.25, 0.3) is 0 Å². The van der Waals surface area contributed by atoms with Crippen LogP contribution in [0.1, 0.15) is 18.4 Å². The zero-order valence-corrected chi connectivity index (χ0v) is 11.8. The summed E-state index contributed by atoms with van der Waals surface area (Å²) < 4.78 is 24.4. The van der Waals surface area contributed by atoms with Crippen molar-refractivity contribution in [3.05, 3.63) is 23.9 Å². The van der Waals surface area contributed by atoms with Crippen LogP contribution in [-0.2, 0) is 14.8 Å². The molecular weight excluding hydrogens is 266 g/mol. The van der Waals surface area contributed by atoms with Crippen LogP contribution < -0.4 is 5.32 Å². The average Bonchev–Trinajstić information content (AvgIpc) is 2.77. The number of nitrogens with one attached hydrogen (secondary N) is 1. The number of anilines is 1. The fraction of sp³-hybridized carbons (Fsp3) is 0.500. The third-order valence-electron chi connectivity index (χ3n) is 3.10. The lowest BCUT2D eigenvalue weighted by Gasteiger charge is -2.21. The fourth-order valence-corrected chi connectivity index (χ4v) is 3.34. The minimum absolute atomic E-state index is 0.318. The SMILES string of the molecule is Cc1ccnc(NC(=O)C2CCCN2S(C)(=O)=O)c1. The lowest BCUT2D eigenvalue weighted by molar-refractivity contribution is -0.119. The molecule has 0 aromatic carbocycles. The molecule has 1 unspecified atom stereocenters. The topological polar surface area (TPSA) is 79.4 Å². The van der Waals surface area contributed by atoms with E-state index in [2.05, 4.69) is 10.3 Å². The Hall–Kier alpha value is -1.47. The van der Waals surface area contributed by atoms with Crippen LogP contribution in [0.25, 0.3) is 0 Å². The van der Waals surface area contributed by atoms with Crippen LogP contribution in [0, 0.1) is 6.92 Å². The Balaban J connectivity index is 2.12. The molecule has 7 heteroatoms. The van der Waals surface area contributed by atoms with Gasteiger partial charge in [0.2, 0.25) is 15.9 Å². The molecule has 0 aliphatic carbocycles. The lowest BCUT2D eigenvalue weighted by atomic mass is 10.2. The minimum atomic E-state index is -3.35. The van der Waals surface area contributed by atoms with E-state index < -0.39 is 16.1 Å². The van der Waals surface area contributed by atoms with Crippen molar-refractivity contribution in [2.75, 3.05) is 18.1 Å². The van der Waals surface area contributed by atoms with Crippen LogP contribution in [0.2, 0.25) is 0 Å². The van der Waals surface area contributed by atoms with Gasteiger partial charge in [0.15, 0.2) is 0 Å². The Kier molecular flexibility index (Phi) is 3.86. The quantitative estimate of drug-likeness (QED) is 0.888. The first-order valence-electron chi connectivity index (χ1n) is 6.08. The van der Waals surface area contributed by atoms with Gasteiger partial charge in [-0.1, -0.05) is 0 Å². The van der Waals surface area contributed by atoms with Crippen LogP contribution in [-0.4, -0.2) is 42.5 Å². The first kappa shape index (κ1) is 14.0. The van der Waals surface area contributed by atoms with Gasteiger partial charge in [0.1, 0.15) is 11.9 Å². The Morgan fingerprint density at radius 3 is 2.89 bits per heavy atom. The molecule has 2 rings (SSSR count). The van der Waals surface area contributed by atoms with Crippen molar-refractivity contribution in [1.82, 2.24) is 9.29 Å². The molecule has 1 N–H and O–H groups in total. The lowest BCUT2D eigenvalue weighted by Crippen LogP contribution is -2.42. The predicted molar refractivity (Wildman–Crippen MR) is 72.2 cm³/mol. The predicted octanol–water partition coefficient (Wildman–Crippen LogP) is 0.753. The highest BCUT2D eigenvalue weighted by atomic mass is 32.2. The largest absolute Gasteiger partial charge is 0.309 e. The molecule has 1 aliphatic rings. The molecule has 2 heterocycles. The van der Waals surface area contributed by atoms with Gasteiger partial charge in [-0.25, -0.2) is 13.4 Å². The van der Waals surface area contributed by atoms with Gasteiger partial charge in [-0.15, -0.1) is 0 Å². The number of hydrogen-bond donors (Lipinski definition) is 1. The highest BCUT2D eigenvalue weighted by Crippen LogP contribution is 2.21. The van der Waals surface area contributed by atoms with E-state index in [1.807, 2.05) is 13.0 Å². The van der Waals surface area contributed by atoms with Crippen molar-refractivity contribution in [2.45, 2.75) is 25.8 Å². The van der Waals surface area contributed by atoms with Crippen LogP contribution in [0.4, 0.5) is 5.82 Å². The number of carbonyl (C=O) groups is 1. The summed E-state index contributed by atoms with van der Waals surface area (Å²) in [6, 6.07) is 2.95. The van der Waals surface area contributed by atoms with Gasteiger partial charge in [0.05, 0.1) is 6.26 Å². The number of sulfonamides is 1. The molecule has 1 atom stereocenters. The highest BCUT2D eigenvalue weighted by Gasteiger charge is 2.36. The summed E-state index contributed by atoms with van der Waals surface area (Å²) in [5, 5.41) is 2.67. The Bertz CT molecular complexity index is 586. The first-order valence-corrected chi connectivity index (χ1v) is 7.93. The van der Waals surface area contributed by atoms with E-state index in [4.69, 9.17) is 0 Å². The molecule has 0 radical (unpaired) electrons. The van der Waals surface area contributed by atoms with Crippen molar-refractivity contribution < 1.29 is 13.2 Å².